The molecule has 0 spiro atoms. The number of carboxylic acid groups (broad SMARTS) is 1. The van der Waals surface area contributed by atoms with Crippen molar-refractivity contribution >= 4 is 22.6 Å². The highest BCUT2D eigenvalue weighted by atomic mass is 16.4. The topological polar surface area (TPSA) is 66.4 Å². The van der Waals surface area contributed by atoms with Crippen molar-refractivity contribution in [2.45, 2.75) is 38.5 Å². The van der Waals surface area contributed by atoms with E-state index in [9.17, 15) is 14.7 Å². The first-order chi connectivity index (χ1) is 11.6. The van der Waals surface area contributed by atoms with Crippen molar-refractivity contribution in [3.8, 4) is 0 Å². The number of carbonyl (C=O) groups excluding carboxylic acids is 1. The van der Waals surface area contributed by atoms with Crippen LogP contribution in [-0.2, 0) is 16.0 Å². The minimum absolute atomic E-state index is 0.112. The zero-order chi connectivity index (χ0) is 16.9. The molecule has 124 valence electrons. The molecule has 0 aromatic heterocycles. The Morgan fingerprint density at radius 1 is 1.00 bits per heavy atom. The Hall–Kier alpha value is -2.62. The number of carboxylic acids is 1. The first-order valence-electron chi connectivity index (χ1n) is 8.36. The molecule has 0 fully saturated rings. The van der Waals surface area contributed by atoms with Crippen LogP contribution >= 0.6 is 0 Å². The van der Waals surface area contributed by atoms with Gasteiger partial charge in [-0.05, 0) is 48.4 Å². The molecule has 3 rings (SSSR count). The maximum atomic E-state index is 12.2. The van der Waals surface area contributed by atoms with Crippen LogP contribution in [-0.4, -0.2) is 17.0 Å². The van der Waals surface area contributed by atoms with E-state index in [1.54, 1.807) is 0 Å². The Kier molecular flexibility index (Phi) is 4.94. The highest BCUT2D eigenvalue weighted by Crippen LogP contribution is 2.23. The van der Waals surface area contributed by atoms with Gasteiger partial charge in [0.1, 0.15) is 0 Å². The number of carbonyl (C=O) groups is 2. The Bertz CT molecular complexity index is 807. The second-order valence-corrected chi connectivity index (χ2v) is 6.20. The predicted octanol–water partition coefficient (Wildman–Crippen LogP) is 3.80. The summed E-state index contributed by atoms with van der Waals surface area (Å²) in [5.74, 6) is -1.03. The van der Waals surface area contributed by atoms with Crippen LogP contribution in [0.2, 0.25) is 0 Å². The molecule has 0 radical (unpaired) electrons. The number of aliphatic carboxylic acids is 1. The summed E-state index contributed by atoms with van der Waals surface area (Å²) < 4.78 is 0. The van der Waals surface area contributed by atoms with E-state index in [1.807, 2.05) is 18.2 Å². The number of allylic oxidation sites excluding steroid dienone is 1. The molecule has 0 heterocycles. The standard InChI is InChI=1S/C20H21NO3/c22-19(21-18-8-4-3-7-17(18)20(23)24)12-10-14-9-11-15-5-1-2-6-16(15)13-14/h1-2,5-6,9,11,13H,3-4,7-8,10,12H2,(H,21,22)(H,23,24). The van der Waals surface area contributed by atoms with E-state index in [0.717, 1.165) is 18.4 Å². The number of nitrogens with one attached hydrogen (secondary N) is 1. The third kappa shape index (κ3) is 3.82. The highest BCUT2D eigenvalue weighted by Gasteiger charge is 2.19. The average Bonchev–Trinajstić information content (AvgIpc) is 2.60. The first kappa shape index (κ1) is 16.2. The van der Waals surface area contributed by atoms with E-state index in [4.69, 9.17) is 0 Å². The van der Waals surface area contributed by atoms with Gasteiger partial charge in [0.25, 0.3) is 0 Å². The quantitative estimate of drug-likeness (QED) is 0.879. The van der Waals surface area contributed by atoms with Crippen LogP contribution in [0.1, 0.15) is 37.7 Å². The maximum absolute atomic E-state index is 12.2. The molecule has 2 aromatic carbocycles. The van der Waals surface area contributed by atoms with Gasteiger partial charge in [-0.2, -0.15) is 0 Å². The molecule has 24 heavy (non-hydrogen) atoms. The summed E-state index contributed by atoms with van der Waals surface area (Å²) >= 11 is 0. The summed E-state index contributed by atoms with van der Waals surface area (Å²) in [6, 6.07) is 14.3. The van der Waals surface area contributed by atoms with Gasteiger partial charge in [0.15, 0.2) is 0 Å². The molecule has 4 nitrogen and oxygen atoms in total. The van der Waals surface area contributed by atoms with Crippen molar-refractivity contribution in [2.75, 3.05) is 0 Å². The monoisotopic (exact) mass is 323 g/mol. The minimum atomic E-state index is -0.917. The summed E-state index contributed by atoms with van der Waals surface area (Å²) in [4.78, 5) is 23.4. The van der Waals surface area contributed by atoms with Crippen LogP contribution in [0.25, 0.3) is 10.8 Å². The number of hydrogen-bond donors (Lipinski definition) is 2. The smallest absolute Gasteiger partial charge is 0.333 e. The van der Waals surface area contributed by atoms with E-state index >= 15 is 0 Å². The lowest BCUT2D eigenvalue weighted by atomic mass is 9.96. The molecule has 2 N–H and O–H groups in total. The van der Waals surface area contributed by atoms with E-state index in [-0.39, 0.29) is 5.91 Å². The number of aryl methyl sites for hydroxylation is 1. The normalized spacial score (nSPS) is 14.7. The molecule has 4 heteroatoms. The lowest BCUT2D eigenvalue weighted by Gasteiger charge is -2.18. The summed E-state index contributed by atoms with van der Waals surface area (Å²) in [6.07, 6.45) is 3.98. The molecule has 1 amide bonds. The lowest BCUT2D eigenvalue weighted by Crippen LogP contribution is -2.27. The predicted molar refractivity (Wildman–Crippen MR) is 93.5 cm³/mol. The van der Waals surface area contributed by atoms with Crippen LogP contribution in [0.5, 0.6) is 0 Å². The van der Waals surface area contributed by atoms with E-state index in [0.29, 0.717) is 37.0 Å². The Balaban J connectivity index is 1.63. The molecule has 0 aliphatic heterocycles. The van der Waals surface area contributed by atoms with Crippen LogP contribution < -0.4 is 5.32 Å². The summed E-state index contributed by atoms with van der Waals surface area (Å²) in [5.41, 5.74) is 2.07. The molecule has 0 saturated carbocycles. The molecule has 0 atom stereocenters. The Morgan fingerprint density at radius 2 is 1.75 bits per heavy atom. The molecule has 1 aliphatic rings. The molecular weight excluding hydrogens is 302 g/mol. The summed E-state index contributed by atoms with van der Waals surface area (Å²) in [6.45, 7) is 0. The van der Waals surface area contributed by atoms with Gasteiger partial charge in [0.05, 0.1) is 5.57 Å². The van der Waals surface area contributed by atoms with E-state index in [1.165, 1.54) is 10.8 Å². The van der Waals surface area contributed by atoms with Crippen LogP contribution in [0, 0.1) is 0 Å². The van der Waals surface area contributed by atoms with Crippen LogP contribution in [0.15, 0.2) is 53.7 Å². The van der Waals surface area contributed by atoms with Crippen LogP contribution in [0.3, 0.4) is 0 Å². The fourth-order valence-electron chi connectivity index (χ4n) is 3.16. The third-order valence-electron chi connectivity index (χ3n) is 4.47. The summed E-state index contributed by atoms with van der Waals surface area (Å²) in [5, 5.41) is 14.4. The van der Waals surface area contributed by atoms with Crippen molar-refractivity contribution < 1.29 is 14.7 Å². The SMILES string of the molecule is O=C(CCc1ccc2ccccc2c1)NC1=C(C(=O)O)CCCC1. The largest absolute Gasteiger partial charge is 0.478 e. The second kappa shape index (κ2) is 7.30. The number of amides is 1. The van der Waals surface area contributed by atoms with Gasteiger partial charge in [-0.25, -0.2) is 4.79 Å². The summed E-state index contributed by atoms with van der Waals surface area (Å²) in [7, 11) is 0. The zero-order valence-corrected chi connectivity index (χ0v) is 13.5. The maximum Gasteiger partial charge on any atom is 0.333 e. The first-order valence-corrected chi connectivity index (χ1v) is 8.36. The van der Waals surface area contributed by atoms with E-state index in [2.05, 4.69) is 29.6 Å². The molecule has 0 saturated heterocycles. The van der Waals surface area contributed by atoms with Gasteiger partial charge >= 0.3 is 5.97 Å². The fraction of sp³-hybridized carbons (Fsp3) is 0.300. The zero-order valence-electron chi connectivity index (χ0n) is 13.5. The molecule has 0 unspecified atom stereocenters. The number of fused-ring (bicyclic) bond motifs is 1. The number of rotatable bonds is 5. The number of benzene rings is 2. The van der Waals surface area contributed by atoms with Crippen molar-refractivity contribution in [3.63, 3.8) is 0 Å². The van der Waals surface area contributed by atoms with E-state index < -0.39 is 5.97 Å². The Labute approximate surface area is 141 Å². The fourth-order valence-corrected chi connectivity index (χ4v) is 3.16. The van der Waals surface area contributed by atoms with Gasteiger partial charge in [-0.15, -0.1) is 0 Å². The third-order valence-corrected chi connectivity index (χ3v) is 4.47. The van der Waals surface area contributed by atoms with Crippen LogP contribution in [0.4, 0.5) is 0 Å². The van der Waals surface area contributed by atoms with Gasteiger partial charge in [-0.1, -0.05) is 42.5 Å². The molecule has 0 bridgehead atoms. The van der Waals surface area contributed by atoms with Gasteiger partial charge in [0.2, 0.25) is 5.91 Å². The number of hydrogen-bond acceptors (Lipinski definition) is 2. The van der Waals surface area contributed by atoms with Gasteiger partial charge in [-0.3, -0.25) is 4.79 Å². The minimum Gasteiger partial charge on any atom is -0.478 e. The average molecular weight is 323 g/mol. The molecular formula is C20H21NO3. The van der Waals surface area contributed by atoms with Gasteiger partial charge < -0.3 is 10.4 Å². The lowest BCUT2D eigenvalue weighted by molar-refractivity contribution is -0.133. The van der Waals surface area contributed by atoms with Crippen molar-refractivity contribution in [1.82, 2.24) is 5.32 Å². The molecule has 1 aliphatic carbocycles. The van der Waals surface area contributed by atoms with Crippen molar-refractivity contribution in [2.24, 2.45) is 0 Å². The van der Waals surface area contributed by atoms with Crippen molar-refractivity contribution in [1.29, 1.82) is 0 Å². The second-order valence-electron chi connectivity index (χ2n) is 6.20. The molecule has 2 aromatic rings. The Morgan fingerprint density at radius 3 is 2.54 bits per heavy atom. The van der Waals surface area contributed by atoms with Gasteiger partial charge in [0, 0.05) is 12.1 Å². The highest BCUT2D eigenvalue weighted by molar-refractivity contribution is 5.89. The van der Waals surface area contributed by atoms with Crippen molar-refractivity contribution in [3.05, 3.63) is 59.3 Å².